The number of nitrogens with one attached hydrogen (secondary N) is 1. The van der Waals surface area contributed by atoms with Crippen LogP contribution in [0.4, 0.5) is 5.95 Å². The van der Waals surface area contributed by atoms with Crippen LogP contribution in [-0.2, 0) is 14.4 Å². The minimum atomic E-state index is -0.751. The first-order chi connectivity index (χ1) is 11.0. The van der Waals surface area contributed by atoms with Crippen LogP contribution in [0.1, 0.15) is 37.2 Å². The fraction of sp³-hybridized carbons (Fsp3) is 0.533. The smallest absolute Gasteiger partial charge is 0.306 e. The molecule has 2 N–H and O–H groups in total. The highest BCUT2D eigenvalue weighted by molar-refractivity contribution is 6.00. The molecule has 3 heterocycles. The van der Waals surface area contributed by atoms with Crippen molar-refractivity contribution in [2.24, 2.45) is 5.92 Å². The molecule has 2 saturated heterocycles. The number of aliphatic carboxylic acids is 1. The van der Waals surface area contributed by atoms with E-state index in [1.807, 2.05) is 4.90 Å². The van der Waals surface area contributed by atoms with Gasteiger partial charge in [0.15, 0.2) is 0 Å². The largest absolute Gasteiger partial charge is 0.481 e. The number of piperidine rings is 2. The molecule has 0 bridgehead atoms. The quantitative estimate of drug-likeness (QED) is 0.771. The van der Waals surface area contributed by atoms with Gasteiger partial charge in [0.1, 0.15) is 0 Å². The second-order valence-electron chi connectivity index (χ2n) is 5.92. The van der Waals surface area contributed by atoms with E-state index in [0.29, 0.717) is 50.3 Å². The predicted molar refractivity (Wildman–Crippen MR) is 79.7 cm³/mol. The molecule has 23 heavy (non-hydrogen) atoms. The summed E-state index contributed by atoms with van der Waals surface area (Å²) in [4.78, 5) is 44.5. The summed E-state index contributed by atoms with van der Waals surface area (Å²) in [5.74, 6) is -1.44. The third kappa shape index (κ3) is 3.30. The van der Waals surface area contributed by atoms with Gasteiger partial charge < -0.3 is 10.0 Å². The number of carboxylic acid groups (broad SMARTS) is 1. The van der Waals surface area contributed by atoms with Crippen molar-refractivity contribution in [2.75, 3.05) is 18.0 Å². The van der Waals surface area contributed by atoms with Crippen LogP contribution in [0.3, 0.4) is 0 Å². The topological polar surface area (TPSA) is 112 Å². The minimum Gasteiger partial charge on any atom is -0.481 e. The average Bonchev–Trinajstić information content (AvgIpc) is 2.55. The number of hydrogen-bond acceptors (Lipinski definition) is 6. The summed E-state index contributed by atoms with van der Waals surface area (Å²) in [7, 11) is 0. The molecule has 0 saturated carbocycles. The maximum absolute atomic E-state index is 11.8. The van der Waals surface area contributed by atoms with Crippen molar-refractivity contribution in [3.05, 3.63) is 18.0 Å². The number of imide groups is 1. The Morgan fingerprint density at radius 2 is 1.83 bits per heavy atom. The average molecular weight is 318 g/mol. The Hall–Kier alpha value is -2.51. The van der Waals surface area contributed by atoms with Gasteiger partial charge in [-0.1, -0.05) is 0 Å². The third-order valence-corrected chi connectivity index (χ3v) is 4.43. The first-order valence-electron chi connectivity index (χ1n) is 7.68. The molecular formula is C15H18N4O4. The molecule has 0 aromatic carbocycles. The Kier molecular flexibility index (Phi) is 4.22. The Balaban J connectivity index is 1.65. The summed E-state index contributed by atoms with van der Waals surface area (Å²) in [5.41, 5.74) is 0.694. The van der Waals surface area contributed by atoms with Gasteiger partial charge in [-0.05, 0) is 19.3 Å². The maximum atomic E-state index is 11.8. The zero-order valence-corrected chi connectivity index (χ0v) is 12.6. The molecular weight excluding hydrogens is 300 g/mol. The van der Waals surface area contributed by atoms with Crippen LogP contribution in [0.15, 0.2) is 12.4 Å². The lowest BCUT2D eigenvalue weighted by atomic mass is 9.92. The van der Waals surface area contributed by atoms with Crippen LogP contribution in [0.2, 0.25) is 0 Å². The fourth-order valence-corrected chi connectivity index (χ4v) is 3.01. The molecule has 2 aliphatic rings. The Morgan fingerprint density at radius 1 is 1.17 bits per heavy atom. The van der Waals surface area contributed by atoms with Gasteiger partial charge in [-0.15, -0.1) is 0 Å². The molecule has 8 nitrogen and oxygen atoms in total. The summed E-state index contributed by atoms with van der Waals surface area (Å²) in [6.45, 7) is 1.21. The monoisotopic (exact) mass is 318 g/mol. The number of amides is 2. The molecule has 2 amide bonds. The number of aromatic nitrogens is 2. The molecule has 122 valence electrons. The van der Waals surface area contributed by atoms with Crippen molar-refractivity contribution >= 4 is 23.7 Å². The number of nitrogens with zero attached hydrogens (tertiary/aromatic N) is 3. The number of hydrogen-bond donors (Lipinski definition) is 2. The first kappa shape index (κ1) is 15.4. The van der Waals surface area contributed by atoms with Crippen LogP contribution in [0, 0.1) is 5.92 Å². The normalized spacial score (nSPS) is 22.8. The lowest BCUT2D eigenvalue weighted by Crippen LogP contribution is -2.39. The zero-order chi connectivity index (χ0) is 16.4. The van der Waals surface area contributed by atoms with E-state index in [1.165, 1.54) is 0 Å². The van der Waals surface area contributed by atoms with E-state index >= 15 is 0 Å². The molecule has 2 fully saturated rings. The molecule has 0 aliphatic carbocycles. The van der Waals surface area contributed by atoms with Crippen molar-refractivity contribution in [1.29, 1.82) is 0 Å². The highest BCUT2D eigenvalue weighted by Crippen LogP contribution is 2.25. The number of anilines is 1. The van der Waals surface area contributed by atoms with Gasteiger partial charge in [0, 0.05) is 37.5 Å². The highest BCUT2D eigenvalue weighted by atomic mass is 16.4. The number of carbonyl (C=O) groups is 3. The molecule has 0 spiro atoms. The van der Waals surface area contributed by atoms with E-state index in [4.69, 9.17) is 5.11 Å². The lowest BCUT2D eigenvalue weighted by Gasteiger charge is -2.30. The Morgan fingerprint density at radius 3 is 2.39 bits per heavy atom. The Bertz CT molecular complexity index is 623. The summed E-state index contributed by atoms with van der Waals surface area (Å²) < 4.78 is 0. The van der Waals surface area contributed by atoms with Crippen LogP contribution >= 0.6 is 0 Å². The van der Waals surface area contributed by atoms with Gasteiger partial charge >= 0.3 is 5.97 Å². The first-order valence-corrected chi connectivity index (χ1v) is 7.68. The van der Waals surface area contributed by atoms with Crippen molar-refractivity contribution in [2.45, 2.75) is 31.6 Å². The van der Waals surface area contributed by atoms with E-state index < -0.39 is 5.97 Å². The van der Waals surface area contributed by atoms with Gasteiger partial charge in [0.2, 0.25) is 17.8 Å². The number of rotatable bonds is 3. The number of carboxylic acids is 1. The SMILES string of the molecule is O=C1CC[C@H](c2cnc(N3CCC(C(=O)O)CC3)nc2)C(=O)N1. The molecule has 1 atom stereocenters. The van der Waals surface area contributed by atoms with E-state index in [1.54, 1.807) is 12.4 Å². The molecule has 1 aromatic rings. The van der Waals surface area contributed by atoms with Crippen molar-refractivity contribution in [3.8, 4) is 0 Å². The standard InChI is InChI=1S/C15H18N4O4/c20-12-2-1-11(13(21)18-12)10-7-16-15(17-8-10)19-5-3-9(4-6-19)14(22)23/h7-9,11H,1-6H2,(H,22,23)(H,18,20,21)/t11-/m1/s1. The van der Waals surface area contributed by atoms with Gasteiger partial charge in [-0.2, -0.15) is 0 Å². The zero-order valence-electron chi connectivity index (χ0n) is 12.6. The van der Waals surface area contributed by atoms with Gasteiger partial charge in [-0.25, -0.2) is 9.97 Å². The van der Waals surface area contributed by atoms with Crippen LogP contribution in [0.25, 0.3) is 0 Å². The molecule has 8 heteroatoms. The highest BCUT2D eigenvalue weighted by Gasteiger charge is 2.29. The van der Waals surface area contributed by atoms with Crippen LogP contribution < -0.4 is 10.2 Å². The summed E-state index contributed by atoms with van der Waals surface area (Å²) in [6, 6.07) is 0. The van der Waals surface area contributed by atoms with Gasteiger partial charge in [-0.3, -0.25) is 19.7 Å². The summed E-state index contributed by atoms with van der Waals surface area (Å²) in [6.07, 6.45) is 5.18. The summed E-state index contributed by atoms with van der Waals surface area (Å²) in [5, 5.41) is 11.3. The molecule has 0 unspecified atom stereocenters. The Labute approximate surface area is 132 Å². The summed E-state index contributed by atoms with van der Waals surface area (Å²) >= 11 is 0. The number of carbonyl (C=O) groups excluding carboxylic acids is 2. The van der Waals surface area contributed by atoms with Crippen molar-refractivity contribution < 1.29 is 19.5 Å². The van der Waals surface area contributed by atoms with Gasteiger partial charge in [0.05, 0.1) is 11.8 Å². The minimum absolute atomic E-state index is 0.245. The van der Waals surface area contributed by atoms with E-state index in [9.17, 15) is 14.4 Å². The van der Waals surface area contributed by atoms with Crippen LogP contribution in [0.5, 0.6) is 0 Å². The van der Waals surface area contributed by atoms with Crippen molar-refractivity contribution in [3.63, 3.8) is 0 Å². The third-order valence-electron chi connectivity index (χ3n) is 4.43. The van der Waals surface area contributed by atoms with Crippen LogP contribution in [-0.4, -0.2) is 45.9 Å². The fourth-order valence-electron chi connectivity index (χ4n) is 3.01. The van der Waals surface area contributed by atoms with Gasteiger partial charge in [0.25, 0.3) is 0 Å². The molecule has 1 aromatic heterocycles. The van der Waals surface area contributed by atoms with Crippen molar-refractivity contribution in [1.82, 2.24) is 15.3 Å². The maximum Gasteiger partial charge on any atom is 0.306 e. The molecule has 3 rings (SSSR count). The predicted octanol–water partition coefficient (Wildman–Crippen LogP) is 0.298. The molecule has 2 aliphatic heterocycles. The van der Waals surface area contributed by atoms with E-state index in [-0.39, 0.29) is 23.7 Å². The van der Waals surface area contributed by atoms with E-state index in [0.717, 1.165) is 0 Å². The second-order valence-corrected chi connectivity index (χ2v) is 5.92. The lowest BCUT2D eigenvalue weighted by molar-refractivity contribution is -0.142. The second kappa shape index (κ2) is 6.31. The molecule has 0 radical (unpaired) electrons. The van der Waals surface area contributed by atoms with E-state index in [2.05, 4.69) is 15.3 Å².